The van der Waals surface area contributed by atoms with Gasteiger partial charge in [-0.2, -0.15) is 0 Å². The van der Waals surface area contributed by atoms with E-state index in [1.165, 1.54) is 0 Å². The molecule has 0 atom stereocenters. The topological polar surface area (TPSA) is 32.3 Å². The van der Waals surface area contributed by atoms with Crippen LogP contribution < -0.4 is 5.32 Å². The molecule has 0 amide bonds. The van der Waals surface area contributed by atoms with Gasteiger partial charge in [0.15, 0.2) is 0 Å². The van der Waals surface area contributed by atoms with Gasteiger partial charge in [-0.3, -0.25) is 0 Å². The summed E-state index contributed by atoms with van der Waals surface area (Å²) in [6, 6.07) is 20.3. The van der Waals surface area contributed by atoms with Gasteiger partial charge in [-0.25, -0.2) is 0 Å². The van der Waals surface area contributed by atoms with Crippen LogP contribution in [0, 0.1) is 0 Å². The standard InChI is InChI=1S/C12H11N.C2H6.CH4O/c1-3-7-11(8-4-1)13-12-9-5-2-6-10-12;2*1-2/h1-10,13H;1-2H3;2H,1H3. The van der Waals surface area contributed by atoms with E-state index < -0.39 is 0 Å². The van der Waals surface area contributed by atoms with Gasteiger partial charge in [0.25, 0.3) is 0 Å². The molecule has 2 nitrogen and oxygen atoms in total. The van der Waals surface area contributed by atoms with Crippen LogP contribution in [0.2, 0.25) is 0 Å². The normalized spacial score (nSPS) is 8.00. The van der Waals surface area contributed by atoms with Crippen molar-refractivity contribution in [2.24, 2.45) is 0 Å². The summed E-state index contributed by atoms with van der Waals surface area (Å²) in [6.45, 7) is 4.00. The largest absolute Gasteiger partial charge is 0.400 e. The molecule has 0 saturated heterocycles. The first-order chi connectivity index (χ1) is 8.45. The first-order valence-corrected chi connectivity index (χ1v) is 5.77. The van der Waals surface area contributed by atoms with Crippen molar-refractivity contribution < 1.29 is 5.11 Å². The molecule has 92 valence electrons. The summed E-state index contributed by atoms with van der Waals surface area (Å²) in [5.41, 5.74) is 2.24. The number of hydrogen-bond acceptors (Lipinski definition) is 2. The number of aliphatic hydroxyl groups is 1. The number of nitrogens with one attached hydrogen (secondary N) is 1. The molecule has 2 heteroatoms. The van der Waals surface area contributed by atoms with Gasteiger partial charge in [0, 0.05) is 18.5 Å². The zero-order chi connectivity index (χ0) is 12.9. The lowest BCUT2D eigenvalue weighted by Crippen LogP contribution is -1.87. The van der Waals surface area contributed by atoms with E-state index in [1.54, 1.807) is 0 Å². The highest BCUT2D eigenvalue weighted by molar-refractivity contribution is 5.58. The molecule has 0 aliphatic rings. The number of hydrogen-bond donors (Lipinski definition) is 2. The molecular formula is C15H21NO. The Kier molecular flexibility index (Phi) is 9.58. The quantitative estimate of drug-likeness (QED) is 0.816. The second-order valence-corrected chi connectivity index (χ2v) is 2.86. The third-order valence-corrected chi connectivity index (χ3v) is 1.84. The Bertz CT molecular complexity index is 322. The van der Waals surface area contributed by atoms with E-state index in [9.17, 15) is 0 Å². The summed E-state index contributed by atoms with van der Waals surface area (Å²) in [7, 11) is 1.00. The molecule has 2 rings (SSSR count). The average Bonchev–Trinajstić information content (AvgIpc) is 2.45. The van der Waals surface area contributed by atoms with Gasteiger partial charge in [-0.15, -0.1) is 0 Å². The van der Waals surface area contributed by atoms with Crippen LogP contribution in [0.1, 0.15) is 13.8 Å². The Balaban J connectivity index is 0.000000581. The fourth-order valence-corrected chi connectivity index (χ4v) is 1.21. The Hall–Kier alpha value is -1.80. The third kappa shape index (κ3) is 6.38. The maximum Gasteiger partial charge on any atom is 0.0384 e. The van der Waals surface area contributed by atoms with E-state index in [-0.39, 0.29) is 0 Å². The van der Waals surface area contributed by atoms with Crippen LogP contribution in [0.15, 0.2) is 60.7 Å². The smallest absolute Gasteiger partial charge is 0.0384 e. The van der Waals surface area contributed by atoms with Crippen LogP contribution in [-0.2, 0) is 0 Å². The predicted octanol–water partition coefficient (Wildman–Crippen LogP) is 4.06. The van der Waals surface area contributed by atoms with Gasteiger partial charge in [-0.05, 0) is 24.3 Å². The molecule has 2 aromatic rings. The summed E-state index contributed by atoms with van der Waals surface area (Å²) in [5, 5.41) is 10.3. The van der Waals surface area contributed by atoms with E-state index in [0.29, 0.717) is 0 Å². The Morgan fingerprint density at radius 3 is 1.24 bits per heavy atom. The summed E-state index contributed by atoms with van der Waals surface area (Å²) >= 11 is 0. The van der Waals surface area contributed by atoms with Gasteiger partial charge < -0.3 is 10.4 Å². The lowest BCUT2D eigenvalue weighted by molar-refractivity contribution is 0.399. The molecule has 0 aromatic heterocycles. The molecule has 0 heterocycles. The summed E-state index contributed by atoms with van der Waals surface area (Å²) < 4.78 is 0. The van der Waals surface area contributed by atoms with Crippen LogP contribution in [0.4, 0.5) is 11.4 Å². The van der Waals surface area contributed by atoms with Crippen LogP contribution in [0.25, 0.3) is 0 Å². The maximum atomic E-state index is 7.00. The van der Waals surface area contributed by atoms with Gasteiger partial charge in [0.2, 0.25) is 0 Å². The SMILES string of the molecule is CC.CO.c1ccc(Nc2ccccc2)cc1. The molecule has 0 aliphatic heterocycles. The molecule has 2 N–H and O–H groups in total. The molecule has 0 spiro atoms. The Morgan fingerprint density at radius 1 is 0.647 bits per heavy atom. The molecular weight excluding hydrogens is 210 g/mol. The number of anilines is 2. The monoisotopic (exact) mass is 231 g/mol. The fraction of sp³-hybridized carbons (Fsp3) is 0.200. The van der Waals surface area contributed by atoms with Crippen molar-refractivity contribution in [3.8, 4) is 0 Å². The lowest BCUT2D eigenvalue weighted by atomic mass is 10.3. The predicted molar refractivity (Wildman–Crippen MR) is 75.7 cm³/mol. The molecule has 2 aromatic carbocycles. The van der Waals surface area contributed by atoms with E-state index in [2.05, 4.69) is 5.32 Å². The van der Waals surface area contributed by atoms with E-state index in [1.807, 2.05) is 74.5 Å². The van der Waals surface area contributed by atoms with Crippen molar-refractivity contribution in [3.05, 3.63) is 60.7 Å². The molecule has 0 radical (unpaired) electrons. The molecule has 0 fully saturated rings. The highest BCUT2D eigenvalue weighted by atomic mass is 16.2. The number of para-hydroxylation sites is 2. The molecule has 0 saturated carbocycles. The van der Waals surface area contributed by atoms with Gasteiger partial charge >= 0.3 is 0 Å². The average molecular weight is 231 g/mol. The van der Waals surface area contributed by atoms with Crippen molar-refractivity contribution in [1.29, 1.82) is 0 Å². The van der Waals surface area contributed by atoms with Crippen molar-refractivity contribution in [1.82, 2.24) is 0 Å². The minimum atomic E-state index is 1.00. The second kappa shape index (κ2) is 10.7. The second-order valence-electron chi connectivity index (χ2n) is 2.86. The van der Waals surface area contributed by atoms with E-state index in [4.69, 9.17) is 5.11 Å². The first kappa shape index (κ1) is 15.2. The maximum absolute atomic E-state index is 7.00. The van der Waals surface area contributed by atoms with Crippen molar-refractivity contribution in [2.75, 3.05) is 12.4 Å². The van der Waals surface area contributed by atoms with Crippen LogP contribution in [0.3, 0.4) is 0 Å². The van der Waals surface area contributed by atoms with Crippen molar-refractivity contribution >= 4 is 11.4 Å². The number of benzene rings is 2. The van der Waals surface area contributed by atoms with Crippen LogP contribution in [0.5, 0.6) is 0 Å². The van der Waals surface area contributed by atoms with Crippen LogP contribution in [-0.4, -0.2) is 12.2 Å². The van der Waals surface area contributed by atoms with Gasteiger partial charge in [-0.1, -0.05) is 50.2 Å². The molecule has 0 aliphatic carbocycles. The van der Waals surface area contributed by atoms with Gasteiger partial charge in [0.1, 0.15) is 0 Å². The minimum Gasteiger partial charge on any atom is -0.400 e. The summed E-state index contributed by atoms with van der Waals surface area (Å²) in [6.07, 6.45) is 0. The Morgan fingerprint density at radius 2 is 0.941 bits per heavy atom. The highest BCUT2D eigenvalue weighted by Gasteiger charge is 1.89. The van der Waals surface area contributed by atoms with Crippen molar-refractivity contribution in [3.63, 3.8) is 0 Å². The third-order valence-electron chi connectivity index (χ3n) is 1.84. The summed E-state index contributed by atoms with van der Waals surface area (Å²) in [4.78, 5) is 0. The van der Waals surface area contributed by atoms with Gasteiger partial charge in [0.05, 0.1) is 0 Å². The number of aliphatic hydroxyl groups excluding tert-OH is 1. The summed E-state index contributed by atoms with van der Waals surface area (Å²) in [5.74, 6) is 0. The van der Waals surface area contributed by atoms with Crippen LogP contribution >= 0.6 is 0 Å². The van der Waals surface area contributed by atoms with Crippen molar-refractivity contribution in [2.45, 2.75) is 13.8 Å². The van der Waals surface area contributed by atoms with E-state index in [0.717, 1.165) is 18.5 Å². The molecule has 0 unspecified atom stereocenters. The Labute approximate surface area is 104 Å². The fourth-order valence-electron chi connectivity index (χ4n) is 1.21. The zero-order valence-corrected chi connectivity index (χ0v) is 10.7. The molecule has 0 bridgehead atoms. The first-order valence-electron chi connectivity index (χ1n) is 5.77. The highest BCUT2D eigenvalue weighted by Crippen LogP contribution is 2.14. The van der Waals surface area contributed by atoms with E-state index >= 15 is 0 Å². The molecule has 17 heavy (non-hydrogen) atoms. The lowest BCUT2D eigenvalue weighted by Gasteiger charge is -2.04. The number of rotatable bonds is 2. The zero-order valence-electron chi connectivity index (χ0n) is 10.7. The minimum absolute atomic E-state index is 1.00.